The van der Waals surface area contributed by atoms with Crippen LogP contribution in [0, 0.1) is 5.82 Å². The Morgan fingerprint density at radius 3 is 2.92 bits per heavy atom. The van der Waals surface area contributed by atoms with Crippen molar-refractivity contribution in [2.75, 3.05) is 7.05 Å². The van der Waals surface area contributed by atoms with E-state index in [1.807, 2.05) is 6.07 Å². The van der Waals surface area contributed by atoms with Crippen LogP contribution in [-0.2, 0) is 6.42 Å². The molecule has 0 spiro atoms. The number of halogens is 1. The van der Waals surface area contributed by atoms with E-state index in [0.717, 1.165) is 5.56 Å². The third-order valence-electron chi connectivity index (χ3n) is 1.70. The molecule has 70 valence electrons. The van der Waals surface area contributed by atoms with Crippen molar-refractivity contribution in [1.29, 1.82) is 0 Å². The minimum absolute atomic E-state index is 0.245. The van der Waals surface area contributed by atoms with Crippen LogP contribution >= 0.6 is 0 Å². The second kappa shape index (κ2) is 4.57. The highest BCUT2D eigenvalue weighted by molar-refractivity contribution is 5.83. The number of amidine groups is 1. The van der Waals surface area contributed by atoms with Gasteiger partial charge in [-0.25, -0.2) is 10.2 Å². The molecule has 0 aromatic heterocycles. The Kier molecular flexibility index (Phi) is 3.40. The van der Waals surface area contributed by atoms with E-state index in [1.54, 1.807) is 13.1 Å². The smallest absolute Gasteiger partial charge is 0.123 e. The maximum absolute atomic E-state index is 12.7. The molecular weight excluding hydrogens is 169 g/mol. The van der Waals surface area contributed by atoms with Crippen LogP contribution in [0.1, 0.15) is 5.56 Å². The van der Waals surface area contributed by atoms with E-state index in [9.17, 15) is 4.39 Å². The SMILES string of the molecule is CN=C(Cc1cccc(F)c1)NN. The maximum atomic E-state index is 12.7. The molecule has 0 bridgehead atoms. The van der Waals surface area contributed by atoms with E-state index in [4.69, 9.17) is 5.84 Å². The van der Waals surface area contributed by atoms with Gasteiger partial charge in [-0.1, -0.05) is 12.1 Å². The Hall–Kier alpha value is -1.42. The first-order chi connectivity index (χ1) is 6.26. The van der Waals surface area contributed by atoms with Crippen molar-refractivity contribution in [2.45, 2.75) is 6.42 Å². The molecule has 0 radical (unpaired) electrons. The summed E-state index contributed by atoms with van der Waals surface area (Å²) in [7, 11) is 1.63. The Morgan fingerprint density at radius 2 is 2.38 bits per heavy atom. The summed E-state index contributed by atoms with van der Waals surface area (Å²) in [5.41, 5.74) is 3.29. The fraction of sp³-hybridized carbons (Fsp3) is 0.222. The number of rotatable bonds is 2. The molecule has 13 heavy (non-hydrogen) atoms. The van der Waals surface area contributed by atoms with Crippen LogP contribution in [0.25, 0.3) is 0 Å². The predicted octanol–water partition coefficient (Wildman–Crippen LogP) is 0.860. The van der Waals surface area contributed by atoms with Crippen LogP contribution in [0.15, 0.2) is 29.3 Å². The fourth-order valence-corrected chi connectivity index (χ4v) is 1.03. The van der Waals surface area contributed by atoms with Crippen LogP contribution in [0.4, 0.5) is 4.39 Å². The molecule has 4 heteroatoms. The van der Waals surface area contributed by atoms with Crippen molar-refractivity contribution in [1.82, 2.24) is 5.43 Å². The summed E-state index contributed by atoms with van der Waals surface area (Å²) in [6.45, 7) is 0. The Balaban J connectivity index is 2.74. The first-order valence-corrected chi connectivity index (χ1v) is 3.93. The van der Waals surface area contributed by atoms with E-state index < -0.39 is 0 Å². The topological polar surface area (TPSA) is 50.4 Å². The molecular formula is C9H12FN3. The molecule has 0 saturated carbocycles. The monoisotopic (exact) mass is 181 g/mol. The maximum Gasteiger partial charge on any atom is 0.123 e. The normalized spacial score (nSPS) is 11.5. The standard InChI is InChI=1S/C9H12FN3/c1-12-9(13-11)6-7-3-2-4-8(10)5-7/h2-5H,6,11H2,1H3,(H,12,13). The molecule has 0 unspecified atom stereocenters. The van der Waals surface area contributed by atoms with Gasteiger partial charge in [-0.3, -0.25) is 4.99 Å². The van der Waals surface area contributed by atoms with Gasteiger partial charge in [0.25, 0.3) is 0 Å². The molecule has 0 aliphatic heterocycles. The van der Waals surface area contributed by atoms with Crippen molar-refractivity contribution >= 4 is 5.84 Å². The van der Waals surface area contributed by atoms with Gasteiger partial charge in [-0.15, -0.1) is 0 Å². The molecule has 0 heterocycles. The van der Waals surface area contributed by atoms with Gasteiger partial charge in [-0.2, -0.15) is 0 Å². The summed E-state index contributed by atoms with van der Waals surface area (Å²) in [6, 6.07) is 6.35. The van der Waals surface area contributed by atoms with Crippen LogP contribution in [-0.4, -0.2) is 12.9 Å². The van der Waals surface area contributed by atoms with Gasteiger partial charge < -0.3 is 5.43 Å². The zero-order valence-corrected chi connectivity index (χ0v) is 7.42. The first-order valence-electron chi connectivity index (χ1n) is 3.93. The van der Waals surface area contributed by atoms with E-state index in [2.05, 4.69) is 10.4 Å². The van der Waals surface area contributed by atoms with Crippen LogP contribution in [0.2, 0.25) is 0 Å². The van der Waals surface area contributed by atoms with E-state index in [0.29, 0.717) is 12.3 Å². The lowest BCUT2D eigenvalue weighted by atomic mass is 10.1. The molecule has 1 aromatic rings. The third kappa shape index (κ3) is 2.83. The number of hydrogen-bond acceptors (Lipinski definition) is 2. The molecule has 0 saturated heterocycles. The minimum Gasteiger partial charge on any atom is -0.312 e. The molecule has 0 amide bonds. The van der Waals surface area contributed by atoms with Gasteiger partial charge in [0.15, 0.2) is 0 Å². The molecule has 0 aliphatic rings. The quantitative estimate of drug-likeness (QED) is 0.308. The van der Waals surface area contributed by atoms with E-state index >= 15 is 0 Å². The molecule has 0 aliphatic carbocycles. The second-order valence-corrected chi connectivity index (χ2v) is 2.62. The highest BCUT2D eigenvalue weighted by Crippen LogP contribution is 2.04. The molecule has 3 nitrogen and oxygen atoms in total. The van der Waals surface area contributed by atoms with Gasteiger partial charge in [0.1, 0.15) is 11.7 Å². The second-order valence-electron chi connectivity index (χ2n) is 2.62. The molecule has 3 N–H and O–H groups in total. The van der Waals surface area contributed by atoms with Crippen LogP contribution < -0.4 is 11.3 Å². The van der Waals surface area contributed by atoms with Gasteiger partial charge in [0.2, 0.25) is 0 Å². The number of benzene rings is 1. The molecule has 1 aromatic carbocycles. The van der Waals surface area contributed by atoms with Crippen molar-refractivity contribution in [3.05, 3.63) is 35.6 Å². The van der Waals surface area contributed by atoms with E-state index in [-0.39, 0.29) is 5.82 Å². The number of nitrogens with one attached hydrogen (secondary N) is 1. The summed E-state index contributed by atoms with van der Waals surface area (Å²) in [6.07, 6.45) is 0.519. The number of aliphatic imine (C=N–C) groups is 1. The predicted molar refractivity (Wildman–Crippen MR) is 50.8 cm³/mol. The highest BCUT2D eigenvalue weighted by Gasteiger charge is 1.99. The summed E-state index contributed by atoms with van der Waals surface area (Å²) < 4.78 is 12.7. The van der Waals surface area contributed by atoms with Crippen molar-refractivity contribution < 1.29 is 4.39 Å². The summed E-state index contributed by atoms with van der Waals surface area (Å²) in [5.74, 6) is 5.58. The number of hydrogen-bond donors (Lipinski definition) is 2. The van der Waals surface area contributed by atoms with E-state index in [1.165, 1.54) is 12.1 Å². The van der Waals surface area contributed by atoms with Gasteiger partial charge in [-0.05, 0) is 17.7 Å². The first kappa shape index (κ1) is 9.67. The number of nitrogens with two attached hydrogens (primary N) is 1. The lowest BCUT2D eigenvalue weighted by Crippen LogP contribution is -2.31. The van der Waals surface area contributed by atoms with Crippen molar-refractivity contribution in [3.8, 4) is 0 Å². The Labute approximate surface area is 76.4 Å². The average Bonchev–Trinajstić information content (AvgIpc) is 2.14. The summed E-state index contributed by atoms with van der Waals surface area (Å²) in [5, 5.41) is 0. The summed E-state index contributed by atoms with van der Waals surface area (Å²) in [4.78, 5) is 3.89. The largest absolute Gasteiger partial charge is 0.312 e. The lowest BCUT2D eigenvalue weighted by molar-refractivity contribution is 0.626. The third-order valence-corrected chi connectivity index (χ3v) is 1.70. The fourth-order valence-electron chi connectivity index (χ4n) is 1.03. The van der Waals surface area contributed by atoms with Crippen molar-refractivity contribution in [3.63, 3.8) is 0 Å². The van der Waals surface area contributed by atoms with Gasteiger partial charge >= 0.3 is 0 Å². The highest BCUT2D eigenvalue weighted by atomic mass is 19.1. The van der Waals surface area contributed by atoms with Crippen LogP contribution in [0.5, 0.6) is 0 Å². The zero-order valence-electron chi connectivity index (χ0n) is 7.42. The molecule has 0 fully saturated rings. The van der Waals surface area contributed by atoms with Gasteiger partial charge in [0.05, 0.1) is 0 Å². The Morgan fingerprint density at radius 1 is 1.62 bits per heavy atom. The van der Waals surface area contributed by atoms with Crippen molar-refractivity contribution in [2.24, 2.45) is 10.8 Å². The molecule has 1 rings (SSSR count). The summed E-state index contributed by atoms with van der Waals surface area (Å²) >= 11 is 0. The average molecular weight is 181 g/mol. The van der Waals surface area contributed by atoms with Crippen LogP contribution in [0.3, 0.4) is 0 Å². The lowest BCUT2D eigenvalue weighted by Gasteiger charge is -2.04. The minimum atomic E-state index is -0.245. The Bertz CT molecular complexity index is 309. The zero-order chi connectivity index (χ0) is 9.68. The van der Waals surface area contributed by atoms with Gasteiger partial charge in [0, 0.05) is 13.5 Å². The number of hydrazine groups is 1. The molecule has 0 atom stereocenters. The number of nitrogens with zero attached hydrogens (tertiary/aromatic N) is 1.